The first-order valence-corrected chi connectivity index (χ1v) is 9.77. The van der Waals surface area contributed by atoms with Gasteiger partial charge in [-0.05, 0) is 48.2 Å². The van der Waals surface area contributed by atoms with Crippen LogP contribution in [0.25, 0.3) is 11.1 Å². The number of hydrogen-bond donors (Lipinski definition) is 0. The Morgan fingerprint density at radius 3 is 2.88 bits per heavy atom. The van der Waals surface area contributed by atoms with Crippen LogP contribution in [0, 0.1) is 0 Å². The summed E-state index contributed by atoms with van der Waals surface area (Å²) in [7, 11) is 0. The van der Waals surface area contributed by atoms with E-state index < -0.39 is 0 Å². The quantitative estimate of drug-likeness (QED) is 0.764. The lowest BCUT2D eigenvalue weighted by Gasteiger charge is -2.35. The Labute approximate surface area is 153 Å². The van der Waals surface area contributed by atoms with E-state index in [-0.39, 0.29) is 0 Å². The number of benzene rings is 1. The highest BCUT2D eigenvalue weighted by Crippen LogP contribution is 2.36. The molecule has 0 saturated heterocycles. The molecule has 2 aliphatic heterocycles. The molecular formula is C20H22N4S. The van der Waals surface area contributed by atoms with Crippen molar-refractivity contribution in [2.24, 2.45) is 9.98 Å². The Kier molecular flexibility index (Phi) is 4.83. The van der Waals surface area contributed by atoms with E-state index in [1.165, 1.54) is 28.0 Å². The summed E-state index contributed by atoms with van der Waals surface area (Å²) in [6.45, 7) is 5.02. The van der Waals surface area contributed by atoms with Crippen molar-refractivity contribution in [3.05, 3.63) is 48.3 Å². The van der Waals surface area contributed by atoms with Crippen molar-refractivity contribution < 1.29 is 0 Å². The molecule has 0 aliphatic carbocycles. The zero-order valence-corrected chi connectivity index (χ0v) is 15.3. The van der Waals surface area contributed by atoms with E-state index in [1.54, 1.807) is 11.8 Å². The van der Waals surface area contributed by atoms with Crippen molar-refractivity contribution in [3.8, 4) is 11.1 Å². The number of aliphatic imine (C=N–C) groups is 2. The van der Waals surface area contributed by atoms with Crippen molar-refractivity contribution in [3.63, 3.8) is 0 Å². The van der Waals surface area contributed by atoms with E-state index in [0.29, 0.717) is 0 Å². The van der Waals surface area contributed by atoms with Gasteiger partial charge in [-0.2, -0.15) is 0 Å². The summed E-state index contributed by atoms with van der Waals surface area (Å²) in [5.74, 6) is 1.09. The van der Waals surface area contributed by atoms with Gasteiger partial charge in [0.2, 0.25) is 0 Å². The molecule has 0 fully saturated rings. The minimum Gasteiger partial charge on any atom is -0.305 e. The Bertz CT molecular complexity index is 814. The van der Waals surface area contributed by atoms with Crippen molar-refractivity contribution >= 4 is 22.8 Å². The maximum atomic E-state index is 4.87. The van der Waals surface area contributed by atoms with Gasteiger partial charge >= 0.3 is 0 Å². The first-order chi connectivity index (χ1) is 12.4. The molecule has 0 amide bonds. The summed E-state index contributed by atoms with van der Waals surface area (Å²) in [6, 6.07) is 10.8. The second kappa shape index (κ2) is 7.40. The van der Waals surface area contributed by atoms with E-state index in [0.717, 1.165) is 43.5 Å². The maximum absolute atomic E-state index is 4.87. The van der Waals surface area contributed by atoms with Crippen molar-refractivity contribution in [2.75, 3.05) is 19.6 Å². The highest BCUT2D eigenvalue weighted by atomic mass is 32.2. The molecule has 3 heterocycles. The highest BCUT2D eigenvalue weighted by molar-refractivity contribution is 8.14. The zero-order valence-electron chi connectivity index (χ0n) is 14.5. The third-order valence-electron chi connectivity index (χ3n) is 4.48. The maximum Gasteiger partial charge on any atom is 0.169 e. The van der Waals surface area contributed by atoms with Crippen molar-refractivity contribution in [1.29, 1.82) is 0 Å². The van der Waals surface area contributed by atoms with E-state index in [9.17, 15) is 0 Å². The Morgan fingerprint density at radius 2 is 2.04 bits per heavy atom. The second-order valence-corrected chi connectivity index (χ2v) is 7.29. The highest BCUT2D eigenvalue weighted by Gasteiger charge is 2.30. The van der Waals surface area contributed by atoms with Crippen molar-refractivity contribution in [2.45, 2.75) is 31.1 Å². The molecule has 5 heteroatoms. The topological polar surface area (TPSA) is 40.9 Å². The van der Waals surface area contributed by atoms with Crippen LogP contribution in [0.4, 0.5) is 0 Å². The number of rotatable bonds is 4. The van der Waals surface area contributed by atoms with Gasteiger partial charge in [-0.3, -0.25) is 15.0 Å². The zero-order chi connectivity index (χ0) is 17.1. The number of amidine groups is 2. The Morgan fingerprint density at radius 1 is 1.16 bits per heavy atom. The molecule has 0 spiro atoms. The van der Waals surface area contributed by atoms with Crippen LogP contribution >= 0.6 is 11.8 Å². The Hall–Kier alpha value is -2.14. The number of fused-ring (bicyclic) bond motifs is 3. The van der Waals surface area contributed by atoms with Crippen LogP contribution in [0.1, 0.15) is 31.7 Å². The molecular weight excluding hydrogens is 328 g/mol. The predicted molar refractivity (Wildman–Crippen MR) is 105 cm³/mol. The number of unbranched alkanes of at least 4 members (excludes halogenated alkanes) is 1. The molecule has 1 aromatic carbocycles. The van der Waals surface area contributed by atoms with E-state index in [4.69, 9.17) is 9.98 Å². The molecule has 2 aliphatic rings. The third-order valence-corrected chi connectivity index (χ3v) is 5.57. The van der Waals surface area contributed by atoms with Crippen LogP contribution in [-0.2, 0) is 0 Å². The first kappa shape index (κ1) is 16.3. The normalized spacial score (nSPS) is 17.9. The van der Waals surface area contributed by atoms with E-state index >= 15 is 0 Å². The fourth-order valence-corrected chi connectivity index (χ4v) is 4.24. The van der Waals surface area contributed by atoms with Crippen LogP contribution in [0.3, 0.4) is 0 Å². The van der Waals surface area contributed by atoms with E-state index in [1.807, 2.05) is 12.4 Å². The van der Waals surface area contributed by atoms with E-state index in [2.05, 4.69) is 47.1 Å². The van der Waals surface area contributed by atoms with Crippen LogP contribution in [-0.4, -0.2) is 40.5 Å². The van der Waals surface area contributed by atoms with Gasteiger partial charge in [0.1, 0.15) is 5.84 Å². The molecule has 4 nitrogen and oxygen atoms in total. The molecule has 0 N–H and O–H groups in total. The monoisotopic (exact) mass is 350 g/mol. The second-order valence-electron chi connectivity index (χ2n) is 6.28. The predicted octanol–water partition coefficient (Wildman–Crippen LogP) is 4.46. The summed E-state index contributed by atoms with van der Waals surface area (Å²) in [6.07, 6.45) is 7.08. The van der Waals surface area contributed by atoms with Gasteiger partial charge in [-0.15, -0.1) is 0 Å². The van der Waals surface area contributed by atoms with Gasteiger partial charge in [0.05, 0.1) is 0 Å². The molecule has 0 bridgehead atoms. The largest absolute Gasteiger partial charge is 0.305 e. The minimum atomic E-state index is 0.891. The average Bonchev–Trinajstić information content (AvgIpc) is 2.68. The fourth-order valence-electron chi connectivity index (χ4n) is 3.14. The number of aromatic nitrogens is 1. The Balaban J connectivity index is 1.73. The molecule has 1 aromatic heterocycles. The summed E-state index contributed by atoms with van der Waals surface area (Å²) in [5.41, 5.74) is 3.64. The first-order valence-electron chi connectivity index (χ1n) is 8.96. The molecule has 2 aromatic rings. The summed E-state index contributed by atoms with van der Waals surface area (Å²) >= 11 is 1.78. The van der Waals surface area contributed by atoms with Crippen LogP contribution in [0.2, 0.25) is 0 Å². The standard InChI is InChI=1S/C20H22N4S/c1-2-3-9-23-20-24-13-4-10-22-19(24)17-6-5-16(14-18(17)25-20)15-7-11-21-12-8-15/h5-8,11-12,14H,2-4,9-10,13H2,1H3. The van der Waals surface area contributed by atoms with Gasteiger partial charge in [0.25, 0.3) is 0 Å². The molecule has 0 atom stereocenters. The third kappa shape index (κ3) is 3.33. The molecule has 4 rings (SSSR count). The fraction of sp³-hybridized carbons (Fsp3) is 0.350. The van der Waals surface area contributed by atoms with Gasteiger partial charge in [-0.25, -0.2) is 0 Å². The SMILES string of the molecule is CCCCN=C1Sc2cc(-c3ccncc3)ccc2C2=NCCCN12. The van der Waals surface area contributed by atoms with Gasteiger partial charge in [0.15, 0.2) is 5.17 Å². The molecule has 25 heavy (non-hydrogen) atoms. The number of nitrogens with zero attached hydrogens (tertiary/aromatic N) is 4. The van der Waals surface area contributed by atoms with Gasteiger partial charge < -0.3 is 4.90 Å². The minimum absolute atomic E-state index is 0.891. The lowest BCUT2D eigenvalue weighted by molar-refractivity contribution is 0.551. The molecule has 0 unspecified atom stereocenters. The van der Waals surface area contributed by atoms with Gasteiger partial charge in [0, 0.05) is 42.5 Å². The number of hydrogen-bond acceptors (Lipinski definition) is 4. The van der Waals surface area contributed by atoms with Crippen LogP contribution in [0.15, 0.2) is 57.6 Å². The number of pyridine rings is 1. The molecule has 128 valence electrons. The number of thioether (sulfide) groups is 1. The molecule has 0 saturated carbocycles. The van der Waals surface area contributed by atoms with Crippen LogP contribution < -0.4 is 0 Å². The average molecular weight is 350 g/mol. The smallest absolute Gasteiger partial charge is 0.169 e. The lowest BCUT2D eigenvalue weighted by Crippen LogP contribution is -2.42. The lowest BCUT2D eigenvalue weighted by atomic mass is 10.0. The molecule has 0 radical (unpaired) electrons. The van der Waals surface area contributed by atoms with Gasteiger partial charge in [-0.1, -0.05) is 31.2 Å². The summed E-state index contributed by atoms with van der Waals surface area (Å²) in [5, 5.41) is 1.10. The van der Waals surface area contributed by atoms with Crippen LogP contribution in [0.5, 0.6) is 0 Å². The van der Waals surface area contributed by atoms with Crippen molar-refractivity contribution in [1.82, 2.24) is 9.88 Å². The summed E-state index contributed by atoms with van der Waals surface area (Å²) in [4.78, 5) is 17.4. The summed E-state index contributed by atoms with van der Waals surface area (Å²) < 4.78 is 0.